The Morgan fingerprint density at radius 2 is 1.57 bits per heavy atom. The molecule has 0 aliphatic rings. The Kier molecular flexibility index (Phi) is 7.72. The Morgan fingerprint density at radius 3 is 2.23 bits per heavy atom. The van der Waals surface area contributed by atoms with Crippen LogP contribution < -0.4 is 9.88 Å². The molecule has 154 valence electrons. The van der Waals surface area contributed by atoms with Gasteiger partial charge in [0.25, 0.3) is 5.91 Å². The molecule has 0 aliphatic carbocycles. The molecule has 0 saturated heterocycles. The van der Waals surface area contributed by atoms with E-state index in [9.17, 15) is 9.59 Å². The van der Waals surface area contributed by atoms with E-state index in [0.717, 1.165) is 19.3 Å². The quantitative estimate of drug-likeness (QED) is 0.332. The van der Waals surface area contributed by atoms with Crippen LogP contribution in [0.4, 0.5) is 5.69 Å². The van der Waals surface area contributed by atoms with Crippen LogP contribution in [-0.4, -0.2) is 18.5 Å². The van der Waals surface area contributed by atoms with Gasteiger partial charge in [0.05, 0.1) is 12.2 Å². The summed E-state index contributed by atoms with van der Waals surface area (Å²) < 4.78 is 7.02. The predicted molar refractivity (Wildman–Crippen MR) is 116 cm³/mol. The van der Waals surface area contributed by atoms with E-state index in [1.54, 1.807) is 24.3 Å². The van der Waals surface area contributed by atoms with Crippen molar-refractivity contribution in [1.29, 1.82) is 0 Å². The number of benzene rings is 2. The highest BCUT2D eigenvalue weighted by atomic mass is 16.5. The summed E-state index contributed by atoms with van der Waals surface area (Å²) in [5.41, 5.74) is 3.57. The first-order valence-electron chi connectivity index (χ1n) is 10.2. The minimum Gasteiger partial charge on any atom is -0.462 e. The van der Waals surface area contributed by atoms with Crippen LogP contribution in [0.25, 0.3) is 0 Å². The Bertz CT molecular complexity index is 952. The van der Waals surface area contributed by atoms with E-state index in [0.29, 0.717) is 17.9 Å². The van der Waals surface area contributed by atoms with Gasteiger partial charge in [0, 0.05) is 17.8 Å². The number of carbonyl (C=O) groups excluding carboxylic acids is 2. The van der Waals surface area contributed by atoms with Gasteiger partial charge < -0.3 is 10.1 Å². The fourth-order valence-electron chi connectivity index (χ4n) is 2.99. The average Bonchev–Trinajstić information content (AvgIpc) is 2.76. The first kappa shape index (κ1) is 21.2. The normalized spacial score (nSPS) is 10.4. The zero-order valence-electron chi connectivity index (χ0n) is 17.2. The van der Waals surface area contributed by atoms with Crippen LogP contribution in [0.1, 0.15) is 41.3 Å². The molecule has 0 aliphatic heterocycles. The molecule has 1 heterocycles. The van der Waals surface area contributed by atoms with Gasteiger partial charge in [-0.3, -0.25) is 4.79 Å². The van der Waals surface area contributed by atoms with E-state index in [1.807, 2.05) is 54.2 Å². The van der Waals surface area contributed by atoms with Crippen molar-refractivity contribution < 1.29 is 18.9 Å². The van der Waals surface area contributed by atoms with Crippen molar-refractivity contribution in [3.63, 3.8) is 0 Å². The number of carbonyl (C=O) groups is 2. The molecule has 1 amide bonds. The lowest BCUT2D eigenvalue weighted by Gasteiger charge is -2.06. The Balaban J connectivity index is 1.49. The average molecular weight is 404 g/mol. The molecule has 2 aromatic carbocycles. The number of amides is 1. The topological polar surface area (TPSA) is 59.3 Å². The van der Waals surface area contributed by atoms with Gasteiger partial charge >= 0.3 is 5.97 Å². The third kappa shape index (κ3) is 6.55. The smallest absolute Gasteiger partial charge is 0.338 e. The molecule has 0 atom stereocenters. The van der Waals surface area contributed by atoms with Crippen LogP contribution in [0.3, 0.4) is 0 Å². The molecule has 0 fully saturated rings. The van der Waals surface area contributed by atoms with E-state index in [1.165, 1.54) is 11.1 Å². The number of hydrogen-bond acceptors (Lipinski definition) is 3. The summed E-state index contributed by atoms with van der Waals surface area (Å²) in [5, 5.41) is 2.85. The highest BCUT2D eigenvalue weighted by molar-refractivity contribution is 5.92. The summed E-state index contributed by atoms with van der Waals surface area (Å²) in [7, 11) is 0. The van der Waals surface area contributed by atoms with E-state index in [4.69, 9.17) is 4.74 Å². The van der Waals surface area contributed by atoms with Gasteiger partial charge in [-0.25, -0.2) is 4.79 Å². The second-order valence-corrected chi connectivity index (χ2v) is 7.16. The van der Waals surface area contributed by atoms with Crippen LogP contribution >= 0.6 is 0 Å². The predicted octanol–water partition coefficient (Wildman–Crippen LogP) is 4.16. The van der Waals surface area contributed by atoms with Crippen molar-refractivity contribution in [2.45, 2.75) is 32.7 Å². The molecule has 1 aromatic heterocycles. The molecule has 0 saturated carbocycles. The van der Waals surface area contributed by atoms with Gasteiger partial charge in [-0.05, 0) is 48.2 Å². The van der Waals surface area contributed by atoms with Gasteiger partial charge in [-0.1, -0.05) is 43.7 Å². The number of nitrogens with zero attached hydrogens (tertiary/aromatic N) is 1. The minimum absolute atomic E-state index is 0.130. The number of pyridine rings is 1. The Morgan fingerprint density at radius 1 is 0.900 bits per heavy atom. The monoisotopic (exact) mass is 403 g/mol. The standard InChI is InChI=1S/C25H26N2O3/c1-2-3-17-30-25(29)22-9-11-23(12-10-22)26-24(28)19-27-15-13-21(14-16-27)18-20-7-5-4-6-8-20/h4-16H,2-3,17-19H2,1H3/p+1. The Labute approximate surface area is 177 Å². The summed E-state index contributed by atoms with van der Waals surface area (Å²) >= 11 is 0. The van der Waals surface area contributed by atoms with Gasteiger partial charge in [0.1, 0.15) is 0 Å². The van der Waals surface area contributed by atoms with Crippen molar-refractivity contribution in [2.75, 3.05) is 11.9 Å². The maximum Gasteiger partial charge on any atom is 0.338 e. The highest BCUT2D eigenvalue weighted by Crippen LogP contribution is 2.11. The first-order chi connectivity index (χ1) is 14.6. The molecule has 0 radical (unpaired) electrons. The third-order valence-corrected chi connectivity index (χ3v) is 4.67. The molecule has 0 spiro atoms. The fourth-order valence-corrected chi connectivity index (χ4v) is 2.99. The van der Waals surface area contributed by atoms with Crippen molar-refractivity contribution >= 4 is 17.6 Å². The number of esters is 1. The van der Waals surface area contributed by atoms with E-state index < -0.39 is 0 Å². The number of aromatic nitrogens is 1. The van der Waals surface area contributed by atoms with Crippen molar-refractivity contribution in [3.8, 4) is 0 Å². The minimum atomic E-state index is -0.340. The summed E-state index contributed by atoms with van der Waals surface area (Å²) in [5.74, 6) is -0.471. The number of ether oxygens (including phenoxy) is 1. The zero-order chi connectivity index (χ0) is 21.2. The molecular weight excluding hydrogens is 376 g/mol. The van der Waals surface area contributed by atoms with Crippen molar-refractivity contribution in [1.82, 2.24) is 0 Å². The van der Waals surface area contributed by atoms with Crippen LogP contribution in [0.5, 0.6) is 0 Å². The van der Waals surface area contributed by atoms with Crippen molar-refractivity contribution in [2.24, 2.45) is 0 Å². The molecule has 3 rings (SSSR count). The molecular formula is C25H27N2O3+. The van der Waals surface area contributed by atoms with Gasteiger partial charge in [0.2, 0.25) is 6.54 Å². The van der Waals surface area contributed by atoms with Gasteiger partial charge in [0.15, 0.2) is 12.4 Å². The molecule has 5 nitrogen and oxygen atoms in total. The van der Waals surface area contributed by atoms with Crippen LogP contribution in [0.2, 0.25) is 0 Å². The SMILES string of the molecule is CCCCOC(=O)c1ccc(NC(=O)C[n+]2ccc(Cc3ccccc3)cc2)cc1. The second-order valence-electron chi connectivity index (χ2n) is 7.16. The summed E-state index contributed by atoms with van der Waals surface area (Å²) in [6.45, 7) is 2.68. The van der Waals surface area contributed by atoms with Gasteiger partial charge in [-0.2, -0.15) is 4.57 Å². The van der Waals surface area contributed by atoms with E-state index in [-0.39, 0.29) is 18.4 Å². The van der Waals surface area contributed by atoms with Crippen LogP contribution in [0, 0.1) is 0 Å². The van der Waals surface area contributed by atoms with Crippen LogP contribution in [0.15, 0.2) is 79.1 Å². The summed E-state index contributed by atoms with van der Waals surface area (Å²) in [6, 6.07) is 21.1. The second kappa shape index (κ2) is 10.9. The number of nitrogens with one attached hydrogen (secondary N) is 1. The number of rotatable bonds is 9. The number of anilines is 1. The molecule has 1 N–H and O–H groups in total. The lowest BCUT2D eigenvalue weighted by molar-refractivity contribution is -0.684. The molecule has 30 heavy (non-hydrogen) atoms. The molecule has 0 bridgehead atoms. The van der Waals surface area contributed by atoms with Crippen LogP contribution in [-0.2, 0) is 22.5 Å². The largest absolute Gasteiger partial charge is 0.462 e. The number of hydrogen-bond donors (Lipinski definition) is 1. The van der Waals surface area contributed by atoms with E-state index in [2.05, 4.69) is 17.4 Å². The van der Waals surface area contributed by atoms with Crippen molar-refractivity contribution in [3.05, 3.63) is 95.8 Å². The molecule has 5 heteroatoms. The molecule has 0 unspecified atom stereocenters. The van der Waals surface area contributed by atoms with E-state index >= 15 is 0 Å². The lowest BCUT2D eigenvalue weighted by atomic mass is 10.1. The lowest BCUT2D eigenvalue weighted by Crippen LogP contribution is -2.39. The summed E-state index contributed by atoms with van der Waals surface area (Å²) in [6.07, 6.45) is 6.51. The number of unbranched alkanes of at least 4 members (excludes halogenated alkanes) is 1. The third-order valence-electron chi connectivity index (χ3n) is 4.67. The summed E-state index contributed by atoms with van der Waals surface area (Å²) in [4.78, 5) is 24.3. The van der Waals surface area contributed by atoms with Gasteiger partial charge in [-0.15, -0.1) is 0 Å². The molecule has 3 aromatic rings. The first-order valence-corrected chi connectivity index (χ1v) is 10.2. The Hall–Kier alpha value is -3.47. The fraction of sp³-hybridized carbons (Fsp3) is 0.240. The maximum absolute atomic E-state index is 12.3. The highest BCUT2D eigenvalue weighted by Gasteiger charge is 2.11. The maximum atomic E-state index is 12.3. The zero-order valence-corrected chi connectivity index (χ0v) is 17.2.